The number of ketones is 1. The fourth-order valence-electron chi connectivity index (χ4n) is 1.95. The Morgan fingerprint density at radius 2 is 1.90 bits per heavy atom. The molecule has 20 heavy (non-hydrogen) atoms. The first-order valence-electron chi connectivity index (χ1n) is 5.78. The van der Waals surface area contributed by atoms with Crippen LogP contribution in [0.25, 0.3) is 0 Å². The van der Waals surface area contributed by atoms with Crippen LogP contribution >= 0.6 is 0 Å². The highest BCUT2D eigenvalue weighted by atomic mass is 16.3. The number of hydrogen-bond acceptors (Lipinski definition) is 5. The number of nitrogens with zero attached hydrogens (tertiary/aromatic N) is 2. The predicted octanol–water partition coefficient (Wildman–Crippen LogP) is 1.62. The maximum Gasteiger partial charge on any atom is 0.200 e. The van der Waals surface area contributed by atoms with Crippen molar-refractivity contribution in [2.75, 3.05) is 0 Å². The fraction of sp³-hybridized carbons (Fsp3) is 0.133. The van der Waals surface area contributed by atoms with Crippen LogP contribution in [-0.4, -0.2) is 21.6 Å². The number of aliphatic hydroxyl groups excluding tert-OH is 1. The van der Waals surface area contributed by atoms with Crippen molar-refractivity contribution in [2.45, 2.75) is 5.60 Å². The molecule has 0 aromatic heterocycles. The van der Waals surface area contributed by atoms with Crippen LogP contribution in [0.2, 0.25) is 0 Å². The number of allylic oxidation sites excluding steroid dienone is 1. The summed E-state index contributed by atoms with van der Waals surface area (Å²) >= 11 is 0. The number of rotatable bonds is 2. The van der Waals surface area contributed by atoms with E-state index >= 15 is 0 Å². The molecule has 5 heteroatoms. The Labute approximate surface area is 115 Å². The lowest BCUT2D eigenvalue weighted by Gasteiger charge is -2.28. The van der Waals surface area contributed by atoms with Gasteiger partial charge < -0.3 is 10.2 Å². The molecule has 2 N–H and O–H groups in total. The number of nitriles is 2. The second-order valence-electron chi connectivity index (χ2n) is 4.38. The monoisotopic (exact) mass is 266 g/mol. The summed E-state index contributed by atoms with van der Waals surface area (Å²) in [7, 11) is 0. The van der Waals surface area contributed by atoms with Crippen LogP contribution in [0.3, 0.4) is 0 Å². The van der Waals surface area contributed by atoms with Crippen LogP contribution in [0, 0.1) is 28.6 Å². The van der Waals surface area contributed by atoms with Gasteiger partial charge in [-0.2, -0.15) is 10.5 Å². The van der Waals surface area contributed by atoms with Gasteiger partial charge in [-0.05, 0) is 42.5 Å². The van der Waals surface area contributed by atoms with Gasteiger partial charge in [0.05, 0.1) is 17.7 Å². The lowest BCUT2D eigenvalue weighted by atomic mass is 9.78. The van der Waals surface area contributed by atoms with Gasteiger partial charge in [-0.15, -0.1) is 0 Å². The second-order valence-corrected chi connectivity index (χ2v) is 4.38. The smallest absolute Gasteiger partial charge is 0.200 e. The summed E-state index contributed by atoms with van der Waals surface area (Å²) in [6, 6.07) is 9.46. The zero-order chi connectivity index (χ0) is 14.8. The molecule has 2 atom stereocenters. The summed E-state index contributed by atoms with van der Waals surface area (Å²) in [5, 5.41) is 37.5. The molecule has 98 valence electrons. The van der Waals surface area contributed by atoms with Crippen molar-refractivity contribution in [2.24, 2.45) is 5.92 Å². The minimum Gasteiger partial charge on any atom is -0.508 e. The van der Waals surface area contributed by atoms with Crippen molar-refractivity contribution in [3.63, 3.8) is 0 Å². The predicted molar refractivity (Wildman–Crippen MR) is 69.4 cm³/mol. The minimum absolute atomic E-state index is 0.172. The van der Waals surface area contributed by atoms with E-state index in [9.17, 15) is 15.0 Å². The quantitative estimate of drug-likeness (QED) is 0.791. The van der Waals surface area contributed by atoms with Gasteiger partial charge in [-0.25, -0.2) is 0 Å². The van der Waals surface area contributed by atoms with Gasteiger partial charge in [0.1, 0.15) is 11.7 Å². The molecule has 0 heterocycles. The van der Waals surface area contributed by atoms with Crippen molar-refractivity contribution >= 4 is 5.78 Å². The van der Waals surface area contributed by atoms with E-state index in [-0.39, 0.29) is 11.3 Å². The molecule has 0 spiro atoms. The summed E-state index contributed by atoms with van der Waals surface area (Å²) < 4.78 is 0. The molecule has 0 bridgehead atoms. The number of benzene rings is 1. The lowest BCUT2D eigenvalue weighted by Crippen LogP contribution is -2.44. The molecule has 5 nitrogen and oxygen atoms in total. The van der Waals surface area contributed by atoms with E-state index in [1.54, 1.807) is 6.07 Å². The molecule has 0 saturated heterocycles. The Morgan fingerprint density at radius 1 is 1.25 bits per heavy atom. The Hall–Kier alpha value is -2.89. The third kappa shape index (κ3) is 2.18. The Morgan fingerprint density at radius 3 is 2.45 bits per heavy atom. The number of carbonyl (C=O) groups excluding carboxylic acids is 1. The van der Waals surface area contributed by atoms with Crippen molar-refractivity contribution in [1.29, 1.82) is 10.5 Å². The zero-order valence-electron chi connectivity index (χ0n) is 10.3. The van der Waals surface area contributed by atoms with Crippen molar-refractivity contribution in [3.05, 3.63) is 59.4 Å². The molecule has 1 aromatic carbocycles. The highest BCUT2D eigenvalue weighted by Crippen LogP contribution is 2.29. The molecule has 1 aliphatic rings. The van der Waals surface area contributed by atoms with Crippen LogP contribution in [0.15, 0.2) is 48.3 Å². The molecule has 1 aromatic rings. The lowest BCUT2D eigenvalue weighted by molar-refractivity contribution is 0.0427. The average molecular weight is 266 g/mol. The van der Waals surface area contributed by atoms with E-state index in [1.807, 2.05) is 6.07 Å². The number of aliphatic hydroxyl groups is 2. The van der Waals surface area contributed by atoms with E-state index in [0.29, 0.717) is 5.56 Å². The van der Waals surface area contributed by atoms with Crippen LogP contribution in [0.1, 0.15) is 15.9 Å². The van der Waals surface area contributed by atoms with Gasteiger partial charge in [0.15, 0.2) is 11.4 Å². The number of Topliss-reactive ketones (excluding diaryl/α,β-unsaturated/α-hetero) is 1. The summed E-state index contributed by atoms with van der Waals surface area (Å²) in [6.07, 6.45) is 3.41. The molecule has 0 saturated carbocycles. The summed E-state index contributed by atoms with van der Waals surface area (Å²) in [5.41, 5.74) is -1.44. The Kier molecular flexibility index (Phi) is 3.39. The van der Waals surface area contributed by atoms with E-state index < -0.39 is 17.3 Å². The standard InChI is InChI=1S/C15H10N2O3/c16-8-10-1-3-11(4-2-10)14(19)15(20)6-5-13(18)7-12(15)9-17/h1-7,12,18,20H. The molecule has 1 aliphatic carbocycles. The van der Waals surface area contributed by atoms with Gasteiger partial charge in [0.2, 0.25) is 0 Å². The van der Waals surface area contributed by atoms with E-state index in [4.69, 9.17) is 10.5 Å². The molecule has 2 rings (SSSR count). The highest BCUT2D eigenvalue weighted by molar-refractivity contribution is 6.04. The first-order chi connectivity index (χ1) is 9.51. The maximum atomic E-state index is 12.4. The number of carbonyl (C=O) groups is 1. The molecular weight excluding hydrogens is 256 g/mol. The molecule has 0 aliphatic heterocycles. The molecule has 2 unspecified atom stereocenters. The fourth-order valence-corrected chi connectivity index (χ4v) is 1.95. The Bertz CT molecular complexity index is 689. The van der Waals surface area contributed by atoms with E-state index in [0.717, 1.165) is 12.2 Å². The van der Waals surface area contributed by atoms with Gasteiger partial charge >= 0.3 is 0 Å². The third-order valence-corrected chi connectivity index (χ3v) is 3.10. The summed E-state index contributed by atoms with van der Waals surface area (Å²) in [6.45, 7) is 0. The largest absolute Gasteiger partial charge is 0.508 e. The first-order valence-corrected chi connectivity index (χ1v) is 5.78. The summed E-state index contributed by atoms with van der Waals surface area (Å²) in [5.74, 6) is -2.00. The van der Waals surface area contributed by atoms with Gasteiger partial charge in [0, 0.05) is 5.56 Å². The van der Waals surface area contributed by atoms with Gasteiger partial charge in [0.25, 0.3) is 0 Å². The number of hydrogen-bond donors (Lipinski definition) is 2. The van der Waals surface area contributed by atoms with Crippen LogP contribution in [-0.2, 0) is 0 Å². The molecule has 0 radical (unpaired) electrons. The van der Waals surface area contributed by atoms with Crippen molar-refractivity contribution < 1.29 is 15.0 Å². The molecular formula is C15H10N2O3. The maximum absolute atomic E-state index is 12.4. The SMILES string of the molecule is N#Cc1ccc(C(=O)C2(O)C=CC(O)=CC2C#N)cc1. The van der Waals surface area contributed by atoms with Gasteiger partial charge in [-0.1, -0.05) is 0 Å². The molecule has 0 fully saturated rings. The van der Waals surface area contributed by atoms with Crippen LogP contribution in [0.5, 0.6) is 0 Å². The van der Waals surface area contributed by atoms with Crippen molar-refractivity contribution in [3.8, 4) is 12.1 Å². The highest BCUT2D eigenvalue weighted by Gasteiger charge is 2.43. The van der Waals surface area contributed by atoms with Gasteiger partial charge in [-0.3, -0.25) is 4.79 Å². The van der Waals surface area contributed by atoms with Crippen molar-refractivity contribution in [1.82, 2.24) is 0 Å². The Balaban J connectivity index is 2.39. The minimum atomic E-state index is -2.02. The third-order valence-electron chi connectivity index (χ3n) is 3.10. The van der Waals surface area contributed by atoms with Crippen LogP contribution in [0.4, 0.5) is 0 Å². The average Bonchev–Trinajstić information content (AvgIpc) is 2.49. The topological polar surface area (TPSA) is 105 Å². The normalized spacial score (nSPS) is 24.4. The van der Waals surface area contributed by atoms with E-state index in [2.05, 4.69) is 0 Å². The van der Waals surface area contributed by atoms with E-state index in [1.165, 1.54) is 30.3 Å². The first kappa shape index (κ1) is 13.5. The summed E-state index contributed by atoms with van der Waals surface area (Å²) in [4.78, 5) is 12.4. The van der Waals surface area contributed by atoms with Crippen LogP contribution < -0.4 is 0 Å². The zero-order valence-corrected chi connectivity index (χ0v) is 10.3. The second kappa shape index (κ2) is 5.00. The molecule has 0 amide bonds.